The number of H-pyrrole nitrogens is 1. The number of aryl methyl sites for hydroxylation is 1. The van der Waals surface area contributed by atoms with Gasteiger partial charge in [-0.25, -0.2) is 0 Å². The molecule has 0 bridgehead atoms. The van der Waals surface area contributed by atoms with Crippen molar-refractivity contribution < 1.29 is 5.11 Å². The fourth-order valence-electron chi connectivity index (χ4n) is 2.22. The van der Waals surface area contributed by atoms with Gasteiger partial charge in [0.15, 0.2) is 5.69 Å². The summed E-state index contributed by atoms with van der Waals surface area (Å²) in [6.45, 7) is 2.00. The second-order valence-electron chi connectivity index (χ2n) is 4.98. The summed E-state index contributed by atoms with van der Waals surface area (Å²) in [5.74, 6) is -0.0220. The molecule has 0 aliphatic heterocycles. The number of halogens is 1. The molecule has 1 aromatic heterocycles. The fraction of sp³-hybridized carbons (Fsp3) is 0.0625. The van der Waals surface area contributed by atoms with Crippen LogP contribution < -0.4 is 5.32 Å². The van der Waals surface area contributed by atoms with Gasteiger partial charge >= 0.3 is 0 Å². The minimum absolute atomic E-state index is 0.0220. The third-order valence-electron chi connectivity index (χ3n) is 3.25. The van der Waals surface area contributed by atoms with Crippen LogP contribution in [0.2, 0.25) is 0 Å². The van der Waals surface area contributed by atoms with Crippen molar-refractivity contribution in [2.24, 2.45) is 10.2 Å². The van der Waals surface area contributed by atoms with Gasteiger partial charge in [-0.05, 0) is 65.5 Å². The average molecular weight is 436 g/mol. The molecule has 1 heterocycles. The van der Waals surface area contributed by atoms with Crippen molar-refractivity contribution >= 4 is 62.2 Å². The molecule has 0 amide bonds. The van der Waals surface area contributed by atoms with Gasteiger partial charge in [0, 0.05) is 14.6 Å². The zero-order chi connectivity index (χ0) is 16.4. The first kappa shape index (κ1) is 15.9. The maximum Gasteiger partial charge on any atom is 0.218 e. The van der Waals surface area contributed by atoms with E-state index in [1.54, 1.807) is 0 Å². The Labute approximate surface area is 152 Å². The van der Waals surface area contributed by atoms with Crippen LogP contribution in [0, 0.1) is 10.5 Å². The van der Waals surface area contributed by atoms with Gasteiger partial charge < -0.3 is 15.4 Å². The molecule has 3 aromatic rings. The second kappa shape index (κ2) is 6.63. The number of hydrogen-bond acceptors (Lipinski definition) is 3. The number of aromatic amines is 1. The number of thiocarbonyl (C=S) groups is 1. The highest BCUT2D eigenvalue weighted by Gasteiger charge is 2.12. The first-order valence-electron chi connectivity index (χ1n) is 6.83. The van der Waals surface area contributed by atoms with Gasteiger partial charge in [-0.3, -0.25) is 0 Å². The van der Waals surface area contributed by atoms with Crippen LogP contribution in [-0.2, 0) is 0 Å². The van der Waals surface area contributed by atoms with E-state index in [0.29, 0.717) is 5.69 Å². The number of nitrogens with zero attached hydrogens (tertiary/aromatic N) is 2. The summed E-state index contributed by atoms with van der Waals surface area (Å²) >= 11 is 7.37. The smallest absolute Gasteiger partial charge is 0.218 e. The predicted octanol–water partition coefficient (Wildman–Crippen LogP) is 5.27. The van der Waals surface area contributed by atoms with Crippen molar-refractivity contribution in [3.63, 3.8) is 0 Å². The molecule has 0 radical (unpaired) electrons. The van der Waals surface area contributed by atoms with Gasteiger partial charge in [-0.2, -0.15) is 0 Å². The molecule has 0 spiro atoms. The lowest BCUT2D eigenvalue weighted by Crippen LogP contribution is -2.04. The number of fused-ring (bicyclic) bond motifs is 1. The van der Waals surface area contributed by atoms with E-state index in [-0.39, 0.29) is 11.0 Å². The number of aromatic hydroxyl groups is 1. The number of para-hydroxylation sites is 1. The van der Waals surface area contributed by atoms with Crippen molar-refractivity contribution in [3.05, 3.63) is 51.6 Å². The lowest BCUT2D eigenvalue weighted by Gasteiger charge is -2.03. The Hall–Kier alpha value is -2.00. The standard InChI is InChI=1S/C16H13IN4OS/c1-9-4-2-5-10(8-9)18-16(23)21-20-14-11-6-3-7-12(17)13(11)19-15(14)22/h2-8,19,22H,1H3,(H,18,23). The van der Waals surface area contributed by atoms with Crippen LogP contribution >= 0.6 is 34.8 Å². The van der Waals surface area contributed by atoms with Crippen LogP contribution in [0.1, 0.15) is 5.56 Å². The summed E-state index contributed by atoms with van der Waals surface area (Å²) in [5, 5.41) is 22.1. The normalized spacial score (nSPS) is 11.2. The average Bonchev–Trinajstić information content (AvgIpc) is 2.82. The van der Waals surface area contributed by atoms with Crippen LogP contribution in [0.4, 0.5) is 11.4 Å². The van der Waals surface area contributed by atoms with Crippen molar-refractivity contribution in [1.82, 2.24) is 4.98 Å². The maximum absolute atomic E-state index is 10.0. The number of nitrogens with one attached hydrogen (secondary N) is 2. The molecule has 0 saturated heterocycles. The largest absolute Gasteiger partial charge is 0.493 e. The maximum atomic E-state index is 10.0. The molecule has 0 fully saturated rings. The van der Waals surface area contributed by atoms with E-state index in [4.69, 9.17) is 12.2 Å². The number of hydrogen-bond donors (Lipinski definition) is 3. The minimum Gasteiger partial charge on any atom is -0.493 e. The van der Waals surface area contributed by atoms with E-state index in [9.17, 15) is 5.11 Å². The van der Waals surface area contributed by atoms with Crippen molar-refractivity contribution in [2.75, 3.05) is 5.32 Å². The van der Waals surface area contributed by atoms with Crippen LogP contribution in [0.25, 0.3) is 10.9 Å². The summed E-state index contributed by atoms with van der Waals surface area (Å²) < 4.78 is 0.998. The molecule has 7 heteroatoms. The molecular formula is C16H13IN4OS. The fourth-order valence-corrected chi connectivity index (χ4v) is 3.01. The molecule has 2 aromatic carbocycles. The molecule has 0 aliphatic rings. The molecule has 0 atom stereocenters. The highest BCUT2D eigenvalue weighted by molar-refractivity contribution is 14.1. The molecular weight excluding hydrogens is 423 g/mol. The summed E-state index contributed by atoms with van der Waals surface area (Å²) in [4.78, 5) is 2.91. The van der Waals surface area contributed by atoms with E-state index in [2.05, 4.69) is 43.1 Å². The Balaban J connectivity index is 1.84. The molecule has 0 unspecified atom stereocenters. The van der Waals surface area contributed by atoms with Gasteiger partial charge in [-0.15, -0.1) is 10.2 Å². The van der Waals surface area contributed by atoms with E-state index in [1.807, 2.05) is 49.4 Å². The molecule has 116 valence electrons. The first-order valence-corrected chi connectivity index (χ1v) is 8.32. The third-order valence-corrected chi connectivity index (χ3v) is 4.33. The molecule has 5 nitrogen and oxygen atoms in total. The molecule has 3 rings (SSSR count). The Kier molecular flexibility index (Phi) is 4.58. The summed E-state index contributed by atoms with van der Waals surface area (Å²) in [6, 6.07) is 13.5. The number of aromatic nitrogens is 1. The number of rotatable bonds is 2. The van der Waals surface area contributed by atoms with Crippen LogP contribution in [0.3, 0.4) is 0 Å². The number of azo groups is 1. The Bertz CT molecular complexity index is 920. The van der Waals surface area contributed by atoms with Gasteiger partial charge in [0.2, 0.25) is 11.0 Å². The lowest BCUT2D eigenvalue weighted by atomic mass is 10.2. The zero-order valence-corrected chi connectivity index (χ0v) is 15.1. The summed E-state index contributed by atoms with van der Waals surface area (Å²) in [6.07, 6.45) is 0. The SMILES string of the molecule is Cc1cccc(NC(=S)N=Nc2c(O)[nH]c3c(I)cccc23)c1. The quantitative estimate of drug-likeness (QED) is 0.291. The summed E-state index contributed by atoms with van der Waals surface area (Å²) in [5.41, 5.74) is 3.19. The Morgan fingerprint density at radius 1 is 1.26 bits per heavy atom. The topological polar surface area (TPSA) is 72.8 Å². The second-order valence-corrected chi connectivity index (χ2v) is 6.53. The molecule has 23 heavy (non-hydrogen) atoms. The van der Waals surface area contributed by atoms with Crippen molar-refractivity contribution in [2.45, 2.75) is 6.92 Å². The summed E-state index contributed by atoms with van der Waals surface area (Å²) in [7, 11) is 0. The van der Waals surface area contributed by atoms with Crippen LogP contribution in [-0.4, -0.2) is 15.2 Å². The highest BCUT2D eigenvalue weighted by atomic mass is 127. The minimum atomic E-state index is -0.0220. The zero-order valence-electron chi connectivity index (χ0n) is 12.2. The number of benzene rings is 2. The third kappa shape index (κ3) is 3.50. The van der Waals surface area contributed by atoms with Crippen LogP contribution in [0.5, 0.6) is 5.88 Å². The van der Waals surface area contributed by atoms with E-state index in [0.717, 1.165) is 25.7 Å². The van der Waals surface area contributed by atoms with Gasteiger partial charge in [0.05, 0.1) is 5.52 Å². The van der Waals surface area contributed by atoms with Crippen LogP contribution in [0.15, 0.2) is 52.7 Å². The molecule has 0 aliphatic carbocycles. The number of anilines is 1. The van der Waals surface area contributed by atoms with E-state index < -0.39 is 0 Å². The lowest BCUT2D eigenvalue weighted by molar-refractivity contribution is 0.459. The van der Waals surface area contributed by atoms with Crippen molar-refractivity contribution in [3.8, 4) is 5.88 Å². The monoisotopic (exact) mass is 436 g/mol. The van der Waals surface area contributed by atoms with Gasteiger partial charge in [0.25, 0.3) is 0 Å². The van der Waals surface area contributed by atoms with Gasteiger partial charge in [-0.1, -0.05) is 24.3 Å². The molecule has 3 N–H and O–H groups in total. The first-order chi connectivity index (χ1) is 11.0. The van der Waals surface area contributed by atoms with Crippen molar-refractivity contribution in [1.29, 1.82) is 0 Å². The highest BCUT2D eigenvalue weighted by Crippen LogP contribution is 2.37. The molecule has 0 saturated carbocycles. The Morgan fingerprint density at radius 3 is 2.83 bits per heavy atom. The van der Waals surface area contributed by atoms with E-state index >= 15 is 0 Å². The Morgan fingerprint density at radius 2 is 2.04 bits per heavy atom. The van der Waals surface area contributed by atoms with E-state index in [1.165, 1.54) is 0 Å². The van der Waals surface area contributed by atoms with Gasteiger partial charge in [0.1, 0.15) is 0 Å². The predicted molar refractivity (Wildman–Crippen MR) is 105 cm³/mol.